The highest BCUT2D eigenvalue weighted by molar-refractivity contribution is 7.09. The highest BCUT2D eigenvalue weighted by Crippen LogP contribution is 2.25. The van der Waals surface area contributed by atoms with Crippen LogP contribution in [0.4, 0.5) is 0 Å². The van der Waals surface area contributed by atoms with Gasteiger partial charge in [-0.15, -0.1) is 11.3 Å². The fraction of sp³-hybridized carbons (Fsp3) is 0.471. The molecule has 3 nitrogen and oxygen atoms in total. The summed E-state index contributed by atoms with van der Waals surface area (Å²) < 4.78 is 5.10. The Morgan fingerprint density at radius 2 is 2.10 bits per heavy atom. The first-order valence-corrected chi connectivity index (χ1v) is 8.25. The number of benzene rings is 1. The van der Waals surface area contributed by atoms with Gasteiger partial charge >= 0.3 is 0 Å². The molecule has 0 fully saturated rings. The number of rotatable bonds is 8. The molecule has 0 aliphatic rings. The Labute approximate surface area is 131 Å². The zero-order valence-electron chi connectivity index (χ0n) is 13.1. The predicted octanol–water partition coefficient (Wildman–Crippen LogP) is 3.32. The van der Waals surface area contributed by atoms with E-state index in [2.05, 4.69) is 53.8 Å². The van der Waals surface area contributed by atoms with Crippen molar-refractivity contribution in [3.63, 3.8) is 0 Å². The van der Waals surface area contributed by atoms with Gasteiger partial charge in [-0.1, -0.05) is 24.3 Å². The third kappa shape index (κ3) is 4.92. The van der Waals surface area contributed by atoms with Crippen LogP contribution < -0.4 is 5.32 Å². The highest BCUT2D eigenvalue weighted by Gasteiger charge is 2.15. The van der Waals surface area contributed by atoms with E-state index in [0.29, 0.717) is 5.92 Å². The predicted molar refractivity (Wildman–Crippen MR) is 89.2 cm³/mol. The van der Waals surface area contributed by atoms with Crippen LogP contribution in [0.1, 0.15) is 27.7 Å². The van der Waals surface area contributed by atoms with Crippen LogP contribution in [0.3, 0.4) is 0 Å². The molecule has 0 spiro atoms. The number of hydrogen-bond acceptors (Lipinski definition) is 4. The van der Waals surface area contributed by atoms with E-state index in [0.717, 1.165) is 31.8 Å². The van der Waals surface area contributed by atoms with Crippen molar-refractivity contribution in [1.82, 2.24) is 10.3 Å². The van der Waals surface area contributed by atoms with E-state index in [4.69, 9.17) is 4.74 Å². The second-order valence-corrected chi connectivity index (χ2v) is 6.28. The van der Waals surface area contributed by atoms with E-state index < -0.39 is 0 Å². The SMILES string of the molecule is COCCNCC(Cc1nc(C)cs1)c1ccccc1C. The topological polar surface area (TPSA) is 34.1 Å². The van der Waals surface area contributed by atoms with Crippen molar-refractivity contribution in [2.24, 2.45) is 0 Å². The summed E-state index contributed by atoms with van der Waals surface area (Å²) in [7, 11) is 1.73. The van der Waals surface area contributed by atoms with Gasteiger partial charge in [0.2, 0.25) is 0 Å². The van der Waals surface area contributed by atoms with E-state index in [1.165, 1.54) is 16.1 Å². The van der Waals surface area contributed by atoms with Crippen LogP contribution in [0, 0.1) is 13.8 Å². The second kappa shape index (κ2) is 8.27. The molecule has 0 radical (unpaired) electrons. The maximum absolute atomic E-state index is 5.10. The first-order valence-electron chi connectivity index (χ1n) is 7.37. The number of aryl methyl sites for hydroxylation is 2. The van der Waals surface area contributed by atoms with Crippen molar-refractivity contribution in [2.45, 2.75) is 26.2 Å². The third-order valence-corrected chi connectivity index (χ3v) is 4.58. The molecule has 4 heteroatoms. The van der Waals surface area contributed by atoms with Crippen molar-refractivity contribution in [1.29, 1.82) is 0 Å². The summed E-state index contributed by atoms with van der Waals surface area (Å²) in [5, 5.41) is 6.84. The van der Waals surface area contributed by atoms with Crippen LogP contribution in [0.15, 0.2) is 29.6 Å². The minimum absolute atomic E-state index is 0.452. The van der Waals surface area contributed by atoms with Crippen molar-refractivity contribution in [3.8, 4) is 0 Å². The smallest absolute Gasteiger partial charge is 0.0934 e. The molecule has 0 amide bonds. The molecule has 0 bridgehead atoms. The van der Waals surface area contributed by atoms with Crippen LogP contribution in [0.2, 0.25) is 0 Å². The number of methoxy groups -OCH3 is 1. The maximum Gasteiger partial charge on any atom is 0.0934 e. The third-order valence-electron chi connectivity index (χ3n) is 3.59. The number of aromatic nitrogens is 1. The number of nitrogens with one attached hydrogen (secondary N) is 1. The average Bonchev–Trinajstić information content (AvgIpc) is 2.88. The van der Waals surface area contributed by atoms with Gasteiger partial charge in [-0.2, -0.15) is 0 Å². The van der Waals surface area contributed by atoms with Crippen molar-refractivity contribution >= 4 is 11.3 Å². The minimum atomic E-state index is 0.452. The van der Waals surface area contributed by atoms with Gasteiger partial charge in [0.05, 0.1) is 11.6 Å². The van der Waals surface area contributed by atoms with E-state index in [1.54, 1.807) is 18.4 Å². The van der Waals surface area contributed by atoms with Crippen LogP contribution in [-0.2, 0) is 11.2 Å². The lowest BCUT2D eigenvalue weighted by atomic mass is 9.92. The van der Waals surface area contributed by atoms with E-state index >= 15 is 0 Å². The van der Waals surface area contributed by atoms with Gasteiger partial charge in [0.25, 0.3) is 0 Å². The highest BCUT2D eigenvalue weighted by atomic mass is 32.1. The first-order chi connectivity index (χ1) is 10.2. The van der Waals surface area contributed by atoms with E-state index in [1.807, 2.05) is 0 Å². The normalized spacial score (nSPS) is 12.5. The molecule has 1 aromatic heterocycles. The first kappa shape index (κ1) is 16.1. The summed E-state index contributed by atoms with van der Waals surface area (Å²) in [6.07, 6.45) is 0.989. The molecule has 1 N–H and O–H groups in total. The fourth-order valence-corrected chi connectivity index (χ4v) is 3.35. The monoisotopic (exact) mass is 304 g/mol. The summed E-state index contributed by atoms with van der Waals surface area (Å²) in [5.74, 6) is 0.452. The quantitative estimate of drug-likeness (QED) is 0.760. The lowest BCUT2D eigenvalue weighted by molar-refractivity contribution is 0.199. The molecule has 2 rings (SSSR count). The molecule has 2 aromatic rings. The van der Waals surface area contributed by atoms with Crippen LogP contribution in [0.5, 0.6) is 0 Å². The summed E-state index contributed by atoms with van der Waals surface area (Å²) >= 11 is 1.76. The van der Waals surface area contributed by atoms with Gasteiger partial charge in [-0.05, 0) is 25.0 Å². The van der Waals surface area contributed by atoms with Gasteiger partial charge in [0.15, 0.2) is 0 Å². The zero-order valence-corrected chi connectivity index (χ0v) is 13.9. The molecule has 0 saturated heterocycles. The molecule has 114 valence electrons. The standard InChI is InChI=1S/C17H24N2OS/c1-13-6-4-5-7-16(13)15(11-18-8-9-20-3)10-17-19-14(2)12-21-17/h4-7,12,15,18H,8-11H2,1-3H3. The van der Waals surface area contributed by atoms with Crippen molar-refractivity contribution in [2.75, 3.05) is 26.8 Å². The molecule has 0 saturated carbocycles. The Balaban J connectivity index is 2.08. The number of ether oxygens (including phenoxy) is 1. The van der Waals surface area contributed by atoms with Gasteiger partial charge in [-0.25, -0.2) is 4.98 Å². The molecule has 21 heavy (non-hydrogen) atoms. The Hall–Kier alpha value is -1.23. The Kier molecular flexibility index (Phi) is 6.36. The summed E-state index contributed by atoms with van der Waals surface area (Å²) in [5.41, 5.74) is 3.88. The zero-order chi connectivity index (χ0) is 15.1. The number of thiazole rings is 1. The molecule has 1 heterocycles. The van der Waals surface area contributed by atoms with Crippen LogP contribution in [0.25, 0.3) is 0 Å². The molecule has 0 aliphatic heterocycles. The Morgan fingerprint density at radius 3 is 2.76 bits per heavy atom. The molecule has 0 aliphatic carbocycles. The van der Waals surface area contributed by atoms with E-state index in [-0.39, 0.29) is 0 Å². The van der Waals surface area contributed by atoms with Crippen LogP contribution in [-0.4, -0.2) is 31.8 Å². The molecule has 1 atom stereocenters. The molecular weight excluding hydrogens is 280 g/mol. The Morgan fingerprint density at radius 1 is 1.29 bits per heavy atom. The largest absolute Gasteiger partial charge is 0.383 e. The maximum atomic E-state index is 5.10. The molecule has 1 unspecified atom stereocenters. The van der Waals surface area contributed by atoms with Gasteiger partial charge < -0.3 is 10.1 Å². The van der Waals surface area contributed by atoms with Crippen molar-refractivity contribution < 1.29 is 4.74 Å². The fourth-order valence-electron chi connectivity index (χ4n) is 2.49. The number of hydrogen-bond donors (Lipinski definition) is 1. The summed E-state index contributed by atoms with van der Waals surface area (Å²) in [6.45, 7) is 6.82. The van der Waals surface area contributed by atoms with Gasteiger partial charge in [-0.3, -0.25) is 0 Å². The Bertz CT molecular complexity index is 553. The molecule has 1 aromatic carbocycles. The molecular formula is C17H24N2OS. The lowest BCUT2D eigenvalue weighted by Gasteiger charge is -2.19. The summed E-state index contributed by atoms with van der Waals surface area (Å²) in [6, 6.07) is 8.64. The lowest BCUT2D eigenvalue weighted by Crippen LogP contribution is -2.26. The second-order valence-electron chi connectivity index (χ2n) is 5.34. The van der Waals surface area contributed by atoms with Gasteiger partial charge in [0, 0.05) is 43.6 Å². The minimum Gasteiger partial charge on any atom is -0.383 e. The van der Waals surface area contributed by atoms with Gasteiger partial charge in [0.1, 0.15) is 0 Å². The number of nitrogens with zero attached hydrogens (tertiary/aromatic N) is 1. The van der Waals surface area contributed by atoms with Crippen LogP contribution >= 0.6 is 11.3 Å². The van der Waals surface area contributed by atoms with E-state index in [9.17, 15) is 0 Å². The summed E-state index contributed by atoms with van der Waals surface area (Å²) in [4.78, 5) is 4.62. The average molecular weight is 304 g/mol. The van der Waals surface area contributed by atoms with Crippen molar-refractivity contribution in [3.05, 3.63) is 51.5 Å².